The summed E-state index contributed by atoms with van der Waals surface area (Å²) in [6, 6.07) is 7.71. The molecule has 0 atom stereocenters. The van der Waals surface area contributed by atoms with Gasteiger partial charge in [0.15, 0.2) is 0 Å². The van der Waals surface area contributed by atoms with Crippen LogP contribution in [0.25, 0.3) is 11.0 Å². The summed E-state index contributed by atoms with van der Waals surface area (Å²) < 4.78 is 1.91. The molecule has 0 saturated carbocycles. The number of carbonyl (C=O) groups is 3. The van der Waals surface area contributed by atoms with Gasteiger partial charge in [0.05, 0.1) is 22.5 Å². The second kappa shape index (κ2) is 7.92. The monoisotopic (exact) mass is 378 g/mol. The lowest BCUT2D eigenvalue weighted by atomic mass is 10.3. The van der Waals surface area contributed by atoms with Crippen LogP contribution in [0.4, 0.5) is 4.79 Å². The standard InChI is InChI=1S/C16H18N4O3S2/c1-24-9-13-18-11-4-2-3-5-12(11)20(13)8-14(21)17-6-7-19-15(22)10-25-16(19)23/h2-5H,6-10H2,1H3,(H,17,21). The molecular formula is C16H18N4O3S2. The van der Waals surface area contributed by atoms with Gasteiger partial charge in [-0.15, -0.1) is 0 Å². The first-order chi connectivity index (χ1) is 12.1. The molecule has 25 heavy (non-hydrogen) atoms. The molecule has 9 heteroatoms. The molecule has 1 aromatic heterocycles. The largest absolute Gasteiger partial charge is 0.353 e. The van der Waals surface area contributed by atoms with Crippen molar-refractivity contribution in [2.75, 3.05) is 25.1 Å². The SMILES string of the molecule is CSCc1nc2ccccc2n1CC(=O)NCCN1C(=O)CSC1=O. The van der Waals surface area contributed by atoms with Crippen LogP contribution in [-0.2, 0) is 21.9 Å². The number of nitrogens with one attached hydrogen (secondary N) is 1. The van der Waals surface area contributed by atoms with Gasteiger partial charge in [0, 0.05) is 13.1 Å². The number of para-hydroxylation sites is 2. The molecule has 0 aliphatic carbocycles. The van der Waals surface area contributed by atoms with Crippen molar-refractivity contribution in [3.05, 3.63) is 30.1 Å². The maximum atomic E-state index is 12.3. The summed E-state index contributed by atoms with van der Waals surface area (Å²) in [7, 11) is 0. The molecule has 3 rings (SSSR count). The second-order valence-electron chi connectivity index (χ2n) is 5.49. The van der Waals surface area contributed by atoms with Crippen molar-refractivity contribution in [1.82, 2.24) is 19.8 Å². The maximum Gasteiger partial charge on any atom is 0.288 e. The van der Waals surface area contributed by atoms with E-state index in [0.717, 1.165) is 34.4 Å². The Balaban J connectivity index is 1.62. The summed E-state index contributed by atoms with van der Waals surface area (Å²) in [6.45, 7) is 0.618. The number of rotatable bonds is 7. The van der Waals surface area contributed by atoms with Crippen LogP contribution in [0, 0.1) is 0 Å². The summed E-state index contributed by atoms with van der Waals surface area (Å²) >= 11 is 2.64. The van der Waals surface area contributed by atoms with E-state index < -0.39 is 0 Å². The lowest BCUT2D eigenvalue weighted by molar-refractivity contribution is -0.125. The number of amides is 3. The van der Waals surface area contributed by atoms with Crippen LogP contribution in [0.5, 0.6) is 0 Å². The van der Waals surface area contributed by atoms with Crippen molar-refractivity contribution < 1.29 is 14.4 Å². The van der Waals surface area contributed by atoms with Crippen LogP contribution < -0.4 is 5.32 Å². The summed E-state index contributed by atoms with van der Waals surface area (Å²) in [4.78, 5) is 41.1. The normalized spacial score (nSPS) is 14.5. The van der Waals surface area contributed by atoms with Gasteiger partial charge in [-0.05, 0) is 18.4 Å². The summed E-state index contributed by atoms with van der Waals surface area (Å²) in [5.74, 6) is 1.39. The van der Waals surface area contributed by atoms with Gasteiger partial charge in [-0.25, -0.2) is 4.98 Å². The zero-order valence-electron chi connectivity index (χ0n) is 13.7. The molecule has 1 saturated heterocycles. The third-order valence-corrected chi connectivity index (χ3v) is 5.21. The Morgan fingerprint density at radius 1 is 1.36 bits per heavy atom. The number of imidazole rings is 1. The van der Waals surface area contributed by atoms with Crippen molar-refractivity contribution >= 4 is 51.6 Å². The third kappa shape index (κ3) is 3.98. The van der Waals surface area contributed by atoms with E-state index in [2.05, 4.69) is 10.3 Å². The Morgan fingerprint density at radius 3 is 2.88 bits per heavy atom. The van der Waals surface area contributed by atoms with Crippen molar-refractivity contribution in [3.8, 4) is 0 Å². The van der Waals surface area contributed by atoms with Gasteiger partial charge in [0.25, 0.3) is 5.24 Å². The van der Waals surface area contributed by atoms with Gasteiger partial charge in [-0.3, -0.25) is 19.3 Å². The van der Waals surface area contributed by atoms with Gasteiger partial charge in [-0.1, -0.05) is 23.9 Å². The Kier molecular flexibility index (Phi) is 5.64. The highest BCUT2D eigenvalue weighted by Crippen LogP contribution is 2.19. The maximum absolute atomic E-state index is 12.3. The van der Waals surface area contributed by atoms with Crippen molar-refractivity contribution in [1.29, 1.82) is 0 Å². The number of benzene rings is 1. The summed E-state index contributed by atoms with van der Waals surface area (Å²) in [6.07, 6.45) is 1.99. The van der Waals surface area contributed by atoms with E-state index in [1.54, 1.807) is 11.8 Å². The van der Waals surface area contributed by atoms with Gasteiger partial charge in [0.2, 0.25) is 11.8 Å². The smallest absolute Gasteiger partial charge is 0.288 e. The van der Waals surface area contributed by atoms with E-state index >= 15 is 0 Å². The Labute approximate surface area is 153 Å². The molecule has 132 valence electrons. The van der Waals surface area contributed by atoms with Crippen LogP contribution in [0.2, 0.25) is 0 Å². The first-order valence-electron chi connectivity index (χ1n) is 7.77. The number of hydrogen-bond donors (Lipinski definition) is 1. The molecule has 1 aromatic carbocycles. The van der Waals surface area contributed by atoms with E-state index in [-0.39, 0.29) is 42.4 Å². The minimum atomic E-state index is -0.248. The summed E-state index contributed by atoms with van der Waals surface area (Å²) in [5, 5.41) is 2.53. The zero-order chi connectivity index (χ0) is 17.8. The molecule has 0 unspecified atom stereocenters. The molecule has 2 aromatic rings. The number of thioether (sulfide) groups is 2. The Bertz CT molecular complexity index is 805. The molecule has 7 nitrogen and oxygen atoms in total. The molecule has 1 aliphatic rings. The van der Waals surface area contributed by atoms with Crippen LogP contribution >= 0.6 is 23.5 Å². The van der Waals surface area contributed by atoms with Crippen LogP contribution in [0.15, 0.2) is 24.3 Å². The van der Waals surface area contributed by atoms with Crippen molar-refractivity contribution in [3.63, 3.8) is 0 Å². The van der Waals surface area contributed by atoms with Crippen molar-refractivity contribution in [2.24, 2.45) is 0 Å². The fourth-order valence-electron chi connectivity index (χ4n) is 2.64. The van der Waals surface area contributed by atoms with Gasteiger partial charge < -0.3 is 9.88 Å². The van der Waals surface area contributed by atoms with Crippen LogP contribution in [-0.4, -0.2) is 56.6 Å². The number of nitrogens with zero attached hydrogens (tertiary/aromatic N) is 3. The average molecular weight is 378 g/mol. The predicted molar refractivity (Wildman–Crippen MR) is 99.5 cm³/mol. The van der Waals surface area contributed by atoms with E-state index in [9.17, 15) is 14.4 Å². The molecule has 2 heterocycles. The number of carbonyl (C=O) groups excluding carboxylic acids is 3. The molecule has 3 amide bonds. The quantitative estimate of drug-likeness (QED) is 0.790. The first-order valence-corrected chi connectivity index (χ1v) is 10.1. The van der Waals surface area contributed by atoms with Gasteiger partial charge in [-0.2, -0.15) is 11.8 Å². The molecule has 0 bridgehead atoms. The van der Waals surface area contributed by atoms with E-state index in [0.29, 0.717) is 0 Å². The topological polar surface area (TPSA) is 84.3 Å². The minimum Gasteiger partial charge on any atom is -0.353 e. The Hall–Kier alpha value is -2.00. The minimum absolute atomic E-state index is 0.160. The number of aromatic nitrogens is 2. The summed E-state index contributed by atoms with van der Waals surface area (Å²) in [5.41, 5.74) is 1.78. The molecule has 0 spiro atoms. The van der Waals surface area contributed by atoms with E-state index in [4.69, 9.17) is 0 Å². The lowest BCUT2D eigenvalue weighted by Crippen LogP contribution is -2.38. The van der Waals surface area contributed by atoms with E-state index in [1.165, 1.54) is 4.90 Å². The number of imide groups is 1. The van der Waals surface area contributed by atoms with Gasteiger partial charge in [0.1, 0.15) is 12.4 Å². The fourth-order valence-corrected chi connectivity index (χ4v) is 3.88. The number of hydrogen-bond acceptors (Lipinski definition) is 6. The average Bonchev–Trinajstić information content (AvgIpc) is 3.10. The third-order valence-electron chi connectivity index (χ3n) is 3.81. The Morgan fingerprint density at radius 2 is 2.16 bits per heavy atom. The predicted octanol–water partition coefficient (Wildman–Crippen LogP) is 1.71. The highest BCUT2D eigenvalue weighted by atomic mass is 32.2. The van der Waals surface area contributed by atoms with Gasteiger partial charge >= 0.3 is 0 Å². The second-order valence-corrected chi connectivity index (χ2v) is 7.28. The number of fused-ring (bicyclic) bond motifs is 1. The fraction of sp³-hybridized carbons (Fsp3) is 0.375. The van der Waals surface area contributed by atoms with Crippen LogP contribution in [0.1, 0.15) is 5.82 Å². The zero-order valence-corrected chi connectivity index (χ0v) is 15.4. The van der Waals surface area contributed by atoms with Crippen molar-refractivity contribution in [2.45, 2.75) is 12.3 Å². The molecular weight excluding hydrogens is 360 g/mol. The highest BCUT2D eigenvalue weighted by molar-refractivity contribution is 8.14. The lowest BCUT2D eigenvalue weighted by Gasteiger charge is -2.14. The highest BCUT2D eigenvalue weighted by Gasteiger charge is 2.29. The molecule has 0 radical (unpaired) electrons. The van der Waals surface area contributed by atoms with Crippen LogP contribution in [0.3, 0.4) is 0 Å². The molecule has 1 fully saturated rings. The molecule has 1 N–H and O–H groups in total. The van der Waals surface area contributed by atoms with E-state index in [1.807, 2.05) is 35.1 Å². The first kappa shape index (κ1) is 17.8. The molecule has 1 aliphatic heterocycles.